The first-order valence-electron chi connectivity index (χ1n) is 10.2. The van der Waals surface area contributed by atoms with Crippen LogP contribution in [0.15, 0.2) is 48.9 Å². The molecule has 0 aromatic carbocycles. The summed E-state index contributed by atoms with van der Waals surface area (Å²) in [4.78, 5) is 44.7. The topological polar surface area (TPSA) is 117 Å². The summed E-state index contributed by atoms with van der Waals surface area (Å²) in [5.74, 6) is -1.80. The summed E-state index contributed by atoms with van der Waals surface area (Å²) >= 11 is 0.338. The molecule has 36 heavy (non-hydrogen) atoms. The number of nitrogens with one attached hydrogen (secondary N) is 2. The van der Waals surface area contributed by atoms with Crippen LogP contribution in [0, 0.1) is 6.57 Å². The number of carbonyl (C=O) groups is 2. The van der Waals surface area contributed by atoms with Gasteiger partial charge in [0.15, 0.2) is 5.13 Å². The molecule has 0 aliphatic rings. The lowest BCUT2D eigenvalue weighted by Crippen LogP contribution is -2.19. The van der Waals surface area contributed by atoms with Gasteiger partial charge in [-0.15, -0.1) is 0 Å². The van der Waals surface area contributed by atoms with E-state index in [1.165, 1.54) is 31.0 Å². The van der Waals surface area contributed by atoms with Crippen molar-refractivity contribution in [1.29, 1.82) is 0 Å². The molecule has 0 spiro atoms. The smallest absolute Gasteiger partial charge is 0.393 e. The van der Waals surface area contributed by atoms with Crippen molar-refractivity contribution in [3.63, 3.8) is 0 Å². The predicted octanol–water partition coefficient (Wildman–Crippen LogP) is 4.02. The van der Waals surface area contributed by atoms with Crippen molar-refractivity contribution >= 4 is 34.1 Å². The Balaban J connectivity index is 1.70. The van der Waals surface area contributed by atoms with E-state index < -0.39 is 28.8 Å². The minimum atomic E-state index is -4.54. The van der Waals surface area contributed by atoms with E-state index in [0.717, 1.165) is 0 Å². The second-order valence-electron chi connectivity index (χ2n) is 7.58. The average molecular weight is 517 g/mol. The Morgan fingerprint density at radius 2 is 1.86 bits per heavy atom. The molecule has 14 heteroatoms. The number of hydrogen-bond donors (Lipinski definition) is 2. The summed E-state index contributed by atoms with van der Waals surface area (Å²) in [6, 6.07) is 1.65. The molecule has 0 saturated heterocycles. The Morgan fingerprint density at radius 3 is 2.44 bits per heavy atom. The lowest BCUT2D eigenvalue weighted by molar-refractivity contribution is -0.134. The highest BCUT2D eigenvalue weighted by Crippen LogP contribution is 2.35. The largest absolute Gasteiger partial charge is 0.427 e. The Morgan fingerprint density at radius 1 is 1.11 bits per heavy atom. The van der Waals surface area contributed by atoms with Crippen LogP contribution in [0.4, 0.5) is 24.1 Å². The summed E-state index contributed by atoms with van der Waals surface area (Å²) < 4.78 is 38.3. The van der Waals surface area contributed by atoms with Crippen molar-refractivity contribution in [2.24, 2.45) is 0 Å². The van der Waals surface area contributed by atoms with Crippen LogP contribution >= 0.6 is 11.3 Å². The lowest BCUT2D eigenvalue weighted by atomic mass is 10.0. The number of nitrogens with zero attached hydrogens (tertiary/aromatic N) is 6. The number of rotatable bonds is 7. The number of thiazole rings is 1. The molecule has 0 aliphatic heterocycles. The number of aromatic nitrogens is 4. The highest BCUT2D eigenvalue weighted by atomic mass is 32.1. The molecule has 0 radical (unpaired) electrons. The van der Waals surface area contributed by atoms with E-state index >= 15 is 0 Å². The van der Waals surface area contributed by atoms with E-state index in [2.05, 4.69) is 35.4 Å². The molecule has 0 bridgehead atoms. The third kappa shape index (κ3) is 6.60. The fourth-order valence-electron chi connectivity index (χ4n) is 2.77. The van der Waals surface area contributed by atoms with Gasteiger partial charge in [0.1, 0.15) is 10.7 Å². The molecule has 2 N–H and O–H groups in total. The van der Waals surface area contributed by atoms with Gasteiger partial charge in [-0.25, -0.2) is 14.8 Å². The van der Waals surface area contributed by atoms with Gasteiger partial charge < -0.3 is 15.5 Å². The van der Waals surface area contributed by atoms with Crippen molar-refractivity contribution in [2.75, 3.05) is 24.7 Å². The summed E-state index contributed by atoms with van der Waals surface area (Å²) in [6.45, 7) is 8.70. The van der Waals surface area contributed by atoms with Gasteiger partial charge in [-0.2, -0.15) is 13.2 Å². The molecule has 0 aliphatic carbocycles. The van der Waals surface area contributed by atoms with Crippen LogP contribution in [-0.2, 0) is 15.8 Å². The van der Waals surface area contributed by atoms with Gasteiger partial charge in [0, 0.05) is 38.3 Å². The maximum Gasteiger partial charge on any atom is 0.427 e. The monoisotopic (exact) mass is 516 g/mol. The number of amides is 2. The maximum atomic E-state index is 12.8. The van der Waals surface area contributed by atoms with E-state index in [0.29, 0.717) is 34.4 Å². The van der Waals surface area contributed by atoms with E-state index in [1.54, 1.807) is 32.0 Å². The van der Waals surface area contributed by atoms with Crippen molar-refractivity contribution in [3.05, 3.63) is 70.8 Å². The van der Waals surface area contributed by atoms with Crippen LogP contribution in [0.3, 0.4) is 0 Å². The Kier molecular flexibility index (Phi) is 7.95. The summed E-state index contributed by atoms with van der Waals surface area (Å²) in [7, 11) is 3.37. The van der Waals surface area contributed by atoms with Crippen LogP contribution < -0.4 is 10.6 Å². The molecule has 0 fully saturated rings. The van der Waals surface area contributed by atoms with Gasteiger partial charge in [0.2, 0.25) is 5.91 Å². The van der Waals surface area contributed by atoms with Gasteiger partial charge >= 0.3 is 6.18 Å². The first-order valence-corrected chi connectivity index (χ1v) is 11.0. The highest BCUT2D eigenvalue weighted by Gasteiger charge is 2.33. The number of alkyl halides is 3. The van der Waals surface area contributed by atoms with Crippen molar-refractivity contribution in [2.45, 2.75) is 19.0 Å². The lowest BCUT2D eigenvalue weighted by Gasteiger charge is -2.12. The molecule has 3 rings (SSSR count). The molecule has 3 aromatic rings. The van der Waals surface area contributed by atoms with Gasteiger partial charge in [0.05, 0.1) is 36.8 Å². The molecule has 2 amide bonds. The molecule has 10 nitrogen and oxygen atoms in total. The predicted molar refractivity (Wildman–Crippen MR) is 126 cm³/mol. The zero-order valence-electron chi connectivity index (χ0n) is 19.2. The number of pyridine rings is 1. The Labute approximate surface area is 207 Å². The molecule has 1 atom stereocenters. The normalized spacial score (nSPS) is 12.4. The first kappa shape index (κ1) is 26.2. The van der Waals surface area contributed by atoms with Crippen LogP contribution in [0.25, 0.3) is 16.1 Å². The summed E-state index contributed by atoms with van der Waals surface area (Å²) in [5.41, 5.74) is 1.30. The van der Waals surface area contributed by atoms with Crippen LogP contribution in [0.2, 0.25) is 0 Å². The number of anilines is 2. The third-order valence-corrected chi connectivity index (χ3v) is 5.55. The van der Waals surface area contributed by atoms with E-state index in [4.69, 9.17) is 6.57 Å². The fraction of sp³-hybridized carbons (Fsp3) is 0.227. The quantitative estimate of drug-likeness (QED) is 0.360. The minimum Gasteiger partial charge on any atom is -0.393 e. The van der Waals surface area contributed by atoms with Crippen molar-refractivity contribution < 1.29 is 22.8 Å². The second-order valence-corrected chi connectivity index (χ2v) is 8.61. The molecular formula is C22H19F3N8O2S. The molecular weight excluding hydrogens is 497 g/mol. The van der Waals surface area contributed by atoms with Crippen molar-refractivity contribution in [3.8, 4) is 11.3 Å². The summed E-state index contributed by atoms with van der Waals surface area (Å²) in [6.07, 6.45) is 3.18. The van der Waals surface area contributed by atoms with Gasteiger partial charge in [-0.05, 0) is 18.6 Å². The molecule has 3 aromatic heterocycles. The minimum absolute atomic E-state index is 0.123. The summed E-state index contributed by atoms with van der Waals surface area (Å²) in [5, 5.41) is 4.72. The van der Waals surface area contributed by atoms with Crippen LogP contribution in [0.1, 0.15) is 23.3 Å². The fourth-order valence-corrected chi connectivity index (χ4v) is 3.45. The van der Waals surface area contributed by atoms with Crippen molar-refractivity contribution in [1.82, 2.24) is 24.8 Å². The molecule has 186 valence electrons. The number of carbonyl (C=O) groups excluding carboxylic acids is 2. The molecule has 1 unspecified atom stereocenters. The maximum absolute atomic E-state index is 12.8. The first-order chi connectivity index (χ1) is 17.0. The SMILES string of the molecule is [C-]#[N+]/C(=C\N(C)C)C(=O)Nc1cnc(-c2cncc(C(C)C(=O)Nc3ncc(C(F)(F)F)s3)c2)cn1. The van der Waals surface area contributed by atoms with Gasteiger partial charge in [-0.3, -0.25) is 19.6 Å². The van der Waals surface area contributed by atoms with Gasteiger partial charge in [0.25, 0.3) is 11.6 Å². The second kappa shape index (κ2) is 10.9. The Hall–Kier alpha value is -4.38. The van der Waals surface area contributed by atoms with Crippen LogP contribution in [0.5, 0.6) is 0 Å². The third-order valence-electron chi connectivity index (χ3n) is 4.59. The number of hydrogen-bond acceptors (Lipinski definition) is 8. The van der Waals surface area contributed by atoms with E-state index in [1.807, 2.05) is 0 Å². The number of halogens is 3. The highest BCUT2D eigenvalue weighted by molar-refractivity contribution is 7.15. The average Bonchev–Trinajstić information content (AvgIpc) is 3.31. The van der Waals surface area contributed by atoms with Gasteiger partial charge in [-0.1, -0.05) is 11.3 Å². The van der Waals surface area contributed by atoms with E-state index in [-0.39, 0.29) is 16.6 Å². The molecule has 3 heterocycles. The Bertz CT molecular complexity index is 1330. The van der Waals surface area contributed by atoms with Crippen LogP contribution in [-0.4, -0.2) is 50.7 Å². The standard InChI is InChI=1S/C22H19F3N8O2S/c1-12(19(34)32-21-30-9-17(36-21)22(23,24)25)13-5-14(7-27-6-13)15-8-29-18(10-28-15)31-20(35)16(26-2)11-33(3)4/h5-12H,1,3-4H3,(H,29,31,35)(H,30,32,34)/b16-11-. The zero-order valence-corrected chi connectivity index (χ0v) is 20.0. The molecule has 0 saturated carbocycles. The van der Waals surface area contributed by atoms with E-state index in [9.17, 15) is 22.8 Å². The zero-order chi connectivity index (χ0) is 26.5.